The molecule has 2 aromatic rings. The number of hydrogen-bond acceptors (Lipinski definition) is 9. The number of esters is 1. The smallest absolute Gasteiger partial charge is 0.497 e. The summed E-state index contributed by atoms with van der Waals surface area (Å²) in [5.74, 6) is -0.0101. The molecule has 0 amide bonds. The van der Waals surface area contributed by atoms with Gasteiger partial charge in [0.15, 0.2) is 0 Å². The highest BCUT2D eigenvalue weighted by atomic mass is 17.0. The van der Waals surface area contributed by atoms with Crippen LogP contribution < -0.4 is 4.74 Å². The molecular formula is C21H25NO9. The van der Waals surface area contributed by atoms with E-state index in [0.717, 1.165) is 22.1 Å². The standard InChI is InChI=1S/C21H25NO9/c1-14(16-6-7-18-13-19(27-3)9-8-17(18)12-16)20(23)28-10-4-5-11-29-21(24)30-15(2)31-22(25)26/h6-9,12-15H,4-5,10-11H2,1-3H3/t14-,15?/m0/s1. The van der Waals surface area contributed by atoms with Gasteiger partial charge in [0.2, 0.25) is 6.29 Å². The van der Waals surface area contributed by atoms with Crippen molar-refractivity contribution in [3.63, 3.8) is 0 Å². The fraction of sp³-hybridized carbons (Fsp3) is 0.429. The first-order chi connectivity index (χ1) is 14.8. The second-order valence-electron chi connectivity index (χ2n) is 6.68. The lowest BCUT2D eigenvalue weighted by molar-refractivity contribution is -0.777. The third-order valence-electron chi connectivity index (χ3n) is 4.42. The Labute approximate surface area is 179 Å². The molecule has 0 heterocycles. The Kier molecular flexibility index (Phi) is 8.86. The average Bonchev–Trinajstić information content (AvgIpc) is 2.73. The molecule has 10 nitrogen and oxygen atoms in total. The van der Waals surface area contributed by atoms with Gasteiger partial charge in [0, 0.05) is 0 Å². The monoisotopic (exact) mass is 435 g/mol. The molecular weight excluding hydrogens is 410 g/mol. The van der Waals surface area contributed by atoms with E-state index in [2.05, 4.69) is 9.57 Å². The van der Waals surface area contributed by atoms with Crippen LogP contribution in [0.4, 0.5) is 4.79 Å². The molecule has 0 bridgehead atoms. The quantitative estimate of drug-likeness (QED) is 0.169. The van der Waals surface area contributed by atoms with E-state index in [9.17, 15) is 19.7 Å². The molecule has 0 radical (unpaired) electrons. The SMILES string of the molecule is COc1ccc2cc([C@H](C)C(=O)OCCCCOC(=O)OC(C)O[N+](=O)[O-])ccc2c1. The highest BCUT2D eigenvalue weighted by Gasteiger charge is 2.17. The summed E-state index contributed by atoms with van der Waals surface area (Å²) in [4.78, 5) is 37.8. The number of methoxy groups -OCH3 is 1. The van der Waals surface area contributed by atoms with Gasteiger partial charge in [-0.05, 0) is 55.2 Å². The first kappa shape index (κ1) is 23.7. The average molecular weight is 435 g/mol. The lowest BCUT2D eigenvalue weighted by Gasteiger charge is -2.13. The van der Waals surface area contributed by atoms with Crippen LogP contribution in [0.1, 0.15) is 38.2 Å². The molecule has 0 N–H and O–H groups in total. The highest BCUT2D eigenvalue weighted by molar-refractivity contribution is 5.86. The number of unbranched alkanes of at least 4 members (excludes halogenated alkanes) is 1. The summed E-state index contributed by atoms with van der Waals surface area (Å²) in [7, 11) is 1.61. The predicted octanol–water partition coefficient (Wildman–Crippen LogP) is 3.98. The Morgan fingerprint density at radius 3 is 2.32 bits per heavy atom. The van der Waals surface area contributed by atoms with Crippen LogP contribution in [0.5, 0.6) is 5.75 Å². The van der Waals surface area contributed by atoms with Gasteiger partial charge in [-0.1, -0.05) is 24.3 Å². The Bertz CT molecular complexity index is 915. The third kappa shape index (κ3) is 7.65. The summed E-state index contributed by atoms with van der Waals surface area (Å²) >= 11 is 0. The summed E-state index contributed by atoms with van der Waals surface area (Å²) in [6.07, 6.45) is -1.53. The van der Waals surface area contributed by atoms with Crippen LogP contribution in [0, 0.1) is 10.1 Å². The lowest BCUT2D eigenvalue weighted by atomic mass is 9.98. The molecule has 10 heteroatoms. The zero-order chi connectivity index (χ0) is 22.8. The number of nitrogens with zero attached hydrogens (tertiary/aromatic N) is 1. The van der Waals surface area contributed by atoms with E-state index in [0.29, 0.717) is 12.8 Å². The predicted molar refractivity (Wildman–Crippen MR) is 109 cm³/mol. The molecule has 168 valence electrons. The van der Waals surface area contributed by atoms with Crippen LogP contribution in [0.2, 0.25) is 0 Å². The minimum Gasteiger partial charge on any atom is -0.497 e. The largest absolute Gasteiger partial charge is 0.510 e. The van der Waals surface area contributed by atoms with Gasteiger partial charge in [0.05, 0.1) is 26.2 Å². The van der Waals surface area contributed by atoms with Crippen molar-refractivity contribution in [2.24, 2.45) is 0 Å². The maximum absolute atomic E-state index is 12.3. The third-order valence-corrected chi connectivity index (χ3v) is 4.42. The van der Waals surface area contributed by atoms with Crippen LogP contribution in [-0.2, 0) is 23.8 Å². The molecule has 2 atom stereocenters. The van der Waals surface area contributed by atoms with Crippen molar-refractivity contribution in [1.29, 1.82) is 0 Å². The summed E-state index contributed by atoms with van der Waals surface area (Å²) in [5, 5.41) is 11.1. The van der Waals surface area contributed by atoms with Gasteiger partial charge in [-0.2, -0.15) is 0 Å². The first-order valence-corrected chi connectivity index (χ1v) is 9.69. The van der Waals surface area contributed by atoms with E-state index in [4.69, 9.17) is 14.2 Å². The molecule has 0 saturated heterocycles. The lowest BCUT2D eigenvalue weighted by Crippen LogP contribution is -2.22. The Morgan fingerprint density at radius 2 is 1.65 bits per heavy atom. The van der Waals surface area contributed by atoms with Crippen molar-refractivity contribution >= 4 is 22.9 Å². The van der Waals surface area contributed by atoms with Crippen LogP contribution >= 0.6 is 0 Å². The molecule has 0 aliphatic heterocycles. The molecule has 2 rings (SSSR count). The number of benzene rings is 2. The van der Waals surface area contributed by atoms with Gasteiger partial charge in [0.25, 0.3) is 5.09 Å². The summed E-state index contributed by atoms with van der Waals surface area (Å²) in [5.41, 5.74) is 0.847. The number of carbonyl (C=O) groups is 2. The van der Waals surface area contributed by atoms with Gasteiger partial charge in [-0.15, -0.1) is 10.1 Å². The number of carbonyl (C=O) groups excluding carboxylic acids is 2. The number of fused-ring (bicyclic) bond motifs is 1. The Hall–Kier alpha value is -3.56. The topological polar surface area (TPSA) is 123 Å². The second kappa shape index (κ2) is 11.6. The van der Waals surface area contributed by atoms with Gasteiger partial charge in [0.1, 0.15) is 5.75 Å². The van der Waals surface area contributed by atoms with Crippen molar-refractivity contribution < 1.29 is 38.5 Å². The van der Waals surface area contributed by atoms with Crippen molar-refractivity contribution in [3.05, 3.63) is 52.1 Å². The van der Waals surface area contributed by atoms with Gasteiger partial charge < -0.3 is 18.9 Å². The molecule has 1 unspecified atom stereocenters. The summed E-state index contributed by atoms with van der Waals surface area (Å²) in [6.45, 7) is 3.16. The van der Waals surface area contributed by atoms with Crippen LogP contribution in [0.15, 0.2) is 36.4 Å². The Balaban J connectivity index is 1.69. The van der Waals surface area contributed by atoms with Crippen LogP contribution in [0.25, 0.3) is 10.8 Å². The zero-order valence-corrected chi connectivity index (χ0v) is 17.6. The van der Waals surface area contributed by atoms with Crippen molar-refractivity contribution in [1.82, 2.24) is 0 Å². The fourth-order valence-corrected chi connectivity index (χ4v) is 2.74. The Morgan fingerprint density at radius 1 is 1.00 bits per heavy atom. The first-order valence-electron chi connectivity index (χ1n) is 9.69. The van der Waals surface area contributed by atoms with Crippen molar-refractivity contribution in [3.8, 4) is 5.75 Å². The van der Waals surface area contributed by atoms with Crippen LogP contribution in [0.3, 0.4) is 0 Å². The van der Waals surface area contributed by atoms with Gasteiger partial charge >= 0.3 is 12.1 Å². The highest BCUT2D eigenvalue weighted by Crippen LogP contribution is 2.25. The van der Waals surface area contributed by atoms with Crippen LogP contribution in [-0.4, -0.2) is 43.8 Å². The maximum Gasteiger partial charge on any atom is 0.510 e. The van der Waals surface area contributed by atoms with E-state index < -0.39 is 23.4 Å². The van der Waals surface area contributed by atoms with Gasteiger partial charge in [-0.25, -0.2) is 4.79 Å². The van der Waals surface area contributed by atoms with E-state index in [1.807, 2.05) is 36.4 Å². The molecule has 0 aliphatic carbocycles. The molecule has 0 aromatic heterocycles. The van der Waals surface area contributed by atoms with Crippen molar-refractivity contribution in [2.75, 3.05) is 20.3 Å². The molecule has 2 aromatic carbocycles. The minimum atomic E-state index is -1.36. The second-order valence-corrected chi connectivity index (χ2v) is 6.68. The molecule has 0 spiro atoms. The van der Waals surface area contributed by atoms with E-state index in [1.165, 1.54) is 6.92 Å². The summed E-state index contributed by atoms with van der Waals surface area (Å²) < 4.78 is 19.8. The number of hydrogen-bond donors (Lipinski definition) is 0. The van der Waals surface area contributed by atoms with E-state index in [-0.39, 0.29) is 19.2 Å². The zero-order valence-electron chi connectivity index (χ0n) is 17.6. The summed E-state index contributed by atoms with van der Waals surface area (Å²) in [6, 6.07) is 11.5. The molecule has 31 heavy (non-hydrogen) atoms. The van der Waals surface area contributed by atoms with E-state index in [1.54, 1.807) is 14.0 Å². The number of ether oxygens (including phenoxy) is 4. The van der Waals surface area contributed by atoms with Crippen molar-refractivity contribution in [2.45, 2.75) is 38.9 Å². The normalized spacial score (nSPS) is 12.5. The van der Waals surface area contributed by atoms with E-state index >= 15 is 0 Å². The fourth-order valence-electron chi connectivity index (χ4n) is 2.74. The number of rotatable bonds is 11. The molecule has 0 fully saturated rings. The molecule has 0 saturated carbocycles. The van der Waals surface area contributed by atoms with Gasteiger partial charge in [-0.3, -0.25) is 9.63 Å². The minimum absolute atomic E-state index is 0.0191. The molecule has 0 aliphatic rings. The maximum atomic E-state index is 12.3.